The summed E-state index contributed by atoms with van der Waals surface area (Å²) < 4.78 is 15.4. The number of alkyl halides is 1. The second-order valence-corrected chi connectivity index (χ2v) is 5.69. The molecular formula is C16H17ClFNO. The molecule has 0 radical (unpaired) electrons. The number of hydrogen-bond acceptors (Lipinski definition) is 1. The summed E-state index contributed by atoms with van der Waals surface area (Å²) in [5.74, 6) is -0.406. The van der Waals surface area contributed by atoms with E-state index >= 15 is 0 Å². The summed E-state index contributed by atoms with van der Waals surface area (Å²) in [6.45, 7) is 7.32. The van der Waals surface area contributed by atoms with Gasteiger partial charge >= 0.3 is 0 Å². The minimum atomic E-state index is -0.572. The van der Waals surface area contributed by atoms with E-state index in [4.69, 9.17) is 11.6 Å². The molecule has 2 aromatic rings. The zero-order chi connectivity index (χ0) is 15.0. The topological polar surface area (TPSA) is 22.0 Å². The molecule has 0 fully saturated rings. The monoisotopic (exact) mass is 293 g/mol. The number of aromatic nitrogens is 1. The van der Waals surface area contributed by atoms with E-state index in [2.05, 4.69) is 0 Å². The predicted molar refractivity (Wildman–Crippen MR) is 79.6 cm³/mol. The highest BCUT2D eigenvalue weighted by Crippen LogP contribution is 2.25. The van der Waals surface area contributed by atoms with Crippen molar-refractivity contribution in [2.24, 2.45) is 0 Å². The zero-order valence-electron chi connectivity index (χ0n) is 12.0. The van der Waals surface area contributed by atoms with Gasteiger partial charge in [0.2, 0.25) is 0 Å². The molecule has 106 valence electrons. The van der Waals surface area contributed by atoms with E-state index in [1.807, 2.05) is 25.3 Å². The van der Waals surface area contributed by atoms with Crippen molar-refractivity contribution < 1.29 is 9.18 Å². The molecule has 2 nitrogen and oxygen atoms in total. The Hall–Kier alpha value is -1.61. The summed E-state index contributed by atoms with van der Waals surface area (Å²) in [4.78, 5) is 12.1. The van der Waals surface area contributed by atoms with Crippen LogP contribution in [0.3, 0.4) is 0 Å². The maximum atomic E-state index is 13.5. The molecule has 0 N–H and O–H groups in total. The second kappa shape index (κ2) is 5.41. The molecule has 0 saturated carbocycles. The van der Waals surface area contributed by atoms with Gasteiger partial charge in [-0.2, -0.15) is 0 Å². The van der Waals surface area contributed by atoms with Gasteiger partial charge in [-0.25, -0.2) is 4.39 Å². The average Bonchev–Trinajstić information content (AvgIpc) is 2.67. The maximum Gasteiger partial charge on any atom is 0.182 e. The molecule has 1 aromatic heterocycles. The number of Topliss-reactive ketones (excluding diaryl/α,β-unsaturated/α-hetero) is 1. The highest BCUT2D eigenvalue weighted by molar-refractivity contribution is 6.33. The Morgan fingerprint density at radius 3 is 2.50 bits per heavy atom. The number of ketones is 1. The number of rotatable bonds is 3. The summed E-state index contributed by atoms with van der Waals surface area (Å²) >= 11 is 5.88. The lowest BCUT2D eigenvalue weighted by atomic mass is 10.1. The minimum Gasteiger partial charge on any atom is -0.317 e. The van der Waals surface area contributed by atoms with Crippen molar-refractivity contribution in [3.8, 4) is 5.69 Å². The summed E-state index contributed by atoms with van der Waals surface area (Å²) in [5, 5.41) is -0.572. The van der Waals surface area contributed by atoms with Gasteiger partial charge in [-0.05, 0) is 51.5 Å². The Bertz CT molecular complexity index is 673. The molecule has 1 heterocycles. The van der Waals surface area contributed by atoms with Crippen molar-refractivity contribution >= 4 is 17.4 Å². The molecule has 0 aliphatic carbocycles. The van der Waals surface area contributed by atoms with Gasteiger partial charge in [0.1, 0.15) is 5.82 Å². The fourth-order valence-corrected chi connectivity index (χ4v) is 2.54. The fraction of sp³-hybridized carbons (Fsp3) is 0.312. The lowest BCUT2D eigenvalue weighted by Crippen LogP contribution is -2.12. The molecule has 1 atom stereocenters. The van der Waals surface area contributed by atoms with Gasteiger partial charge in [0.05, 0.1) is 11.1 Å². The molecule has 2 rings (SSSR count). The molecule has 0 amide bonds. The van der Waals surface area contributed by atoms with Crippen LogP contribution in [-0.4, -0.2) is 15.7 Å². The molecule has 1 unspecified atom stereocenters. The highest BCUT2D eigenvalue weighted by atomic mass is 35.5. The van der Waals surface area contributed by atoms with Crippen molar-refractivity contribution in [1.29, 1.82) is 0 Å². The van der Waals surface area contributed by atoms with Crippen molar-refractivity contribution in [3.05, 3.63) is 52.6 Å². The molecular weight excluding hydrogens is 277 g/mol. The third-order valence-corrected chi connectivity index (χ3v) is 3.67. The Balaban J connectivity index is 2.64. The van der Waals surface area contributed by atoms with Crippen LogP contribution in [0.4, 0.5) is 4.39 Å². The van der Waals surface area contributed by atoms with E-state index in [1.165, 1.54) is 12.1 Å². The molecule has 0 spiro atoms. The SMILES string of the molecule is Cc1ccc(F)cc1-n1c(C)cc(C(=O)C(C)Cl)c1C. The number of halogens is 2. The summed E-state index contributed by atoms with van der Waals surface area (Å²) in [6.07, 6.45) is 0. The number of aryl methyl sites for hydroxylation is 2. The number of carbonyl (C=O) groups excluding carboxylic acids is 1. The standard InChI is InChI=1S/C16H17ClFNO/c1-9-5-6-13(18)8-15(9)19-10(2)7-14(12(19)4)16(20)11(3)17/h5-8,11H,1-4H3. The van der Waals surface area contributed by atoms with E-state index in [9.17, 15) is 9.18 Å². The summed E-state index contributed by atoms with van der Waals surface area (Å²) in [7, 11) is 0. The smallest absolute Gasteiger partial charge is 0.182 e. The first-order chi connectivity index (χ1) is 9.32. The average molecular weight is 294 g/mol. The van der Waals surface area contributed by atoms with Crippen LogP contribution in [0.25, 0.3) is 5.69 Å². The van der Waals surface area contributed by atoms with Crippen molar-refractivity contribution in [3.63, 3.8) is 0 Å². The Morgan fingerprint density at radius 1 is 1.25 bits per heavy atom. The van der Waals surface area contributed by atoms with Crippen LogP contribution in [0.1, 0.15) is 34.2 Å². The quantitative estimate of drug-likeness (QED) is 0.609. The predicted octanol–water partition coefficient (Wildman–Crippen LogP) is 4.35. The van der Waals surface area contributed by atoms with Crippen LogP contribution < -0.4 is 0 Å². The van der Waals surface area contributed by atoms with Gasteiger partial charge in [0, 0.05) is 17.0 Å². The molecule has 1 aromatic carbocycles. The molecule has 0 aliphatic rings. The summed E-state index contributed by atoms with van der Waals surface area (Å²) in [5.41, 5.74) is 3.96. The minimum absolute atomic E-state index is 0.111. The zero-order valence-corrected chi connectivity index (χ0v) is 12.8. The first-order valence-electron chi connectivity index (χ1n) is 6.46. The van der Waals surface area contributed by atoms with E-state index < -0.39 is 5.38 Å². The third kappa shape index (κ3) is 2.50. The van der Waals surface area contributed by atoms with Crippen LogP contribution >= 0.6 is 11.6 Å². The molecule has 0 aliphatic heterocycles. The van der Waals surface area contributed by atoms with Crippen LogP contribution in [0.2, 0.25) is 0 Å². The normalized spacial score (nSPS) is 12.5. The van der Waals surface area contributed by atoms with Gasteiger partial charge in [-0.1, -0.05) is 6.07 Å². The van der Waals surface area contributed by atoms with E-state index in [1.54, 1.807) is 19.1 Å². The van der Waals surface area contributed by atoms with Crippen molar-refractivity contribution in [1.82, 2.24) is 4.57 Å². The van der Waals surface area contributed by atoms with E-state index in [0.717, 1.165) is 22.6 Å². The van der Waals surface area contributed by atoms with Crippen molar-refractivity contribution in [2.75, 3.05) is 0 Å². The molecule has 20 heavy (non-hydrogen) atoms. The fourth-order valence-electron chi connectivity index (χ4n) is 2.42. The van der Waals surface area contributed by atoms with Gasteiger partial charge in [-0.15, -0.1) is 11.6 Å². The van der Waals surface area contributed by atoms with Crippen LogP contribution in [0, 0.1) is 26.6 Å². The van der Waals surface area contributed by atoms with Crippen LogP contribution in [-0.2, 0) is 0 Å². The molecule has 0 bridgehead atoms. The second-order valence-electron chi connectivity index (χ2n) is 5.03. The highest BCUT2D eigenvalue weighted by Gasteiger charge is 2.20. The largest absolute Gasteiger partial charge is 0.317 e. The Kier molecular flexibility index (Phi) is 4.00. The van der Waals surface area contributed by atoms with Gasteiger partial charge in [-0.3, -0.25) is 4.79 Å². The maximum absolute atomic E-state index is 13.5. The van der Waals surface area contributed by atoms with Crippen LogP contribution in [0.15, 0.2) is 24.3 Å². The van der Waals surface area contributed by atoms with E-state index in [-0.39, 0.29) is 11.6 Å². The Morgan fingerprint density at radius 2 is 1.90 bits per heavy atom. The number of benzene rings is 1. The lowest BCUT2D eigenvalue weighted by Gasteiger charge is -2.13. The molecule has 0 saturated heterocycles. The Labute approximate surface area is 123 Å². The number of nitrogens with zero attached hydrogens (tertiary/aromatic N) is 1. The number of carbonyl (C=O) groups is 1. The van der Waals surface area contributed by atoms with Crippen LogP contribution in [0.5, 0.6) is 0 Å². The first kappa shape index (κ1) is 14.8. The van der Waals surface area contributed by atoms with Gasteiger partial charge in [0.25, 0.3) is 0 Å². The number of hydrogen-bond donors (Lipinski definition) is 0. The van der Waals surface area contributed by atoms with E-state index in [0.29, 0.717) is 5.56 Å². The van der Waals surface area contributed by atoms with Crippen molar-refractivity contribution in [2.45, 2.75) is 33.1 Å². The third-order valence-electron chi connectivity index (χ3n) is 3.47. The van der Waals surface area contributed by atoms with Gasteiger partial charge < -0.3 is 4.57 Å². The lowest BCUT2D eigenvalue weighted by molar-refractivity contribution is 0.0991. The summed E-state index contributed by atoms with van der Waals surface area (Å²) in [6, 6.07) is 6.45. The molecule has 4 heteroatoms. The van der Waals surface area contributed by atoms with Gasteiger partial charge in [0.15, 0.2) is 5.78 Å². The first-order valence-corrected chi connectivity index (χ1v) is 6.90.